The third-order valence-electron chi connectivity index (χ3n) is 4.52. The van der Waals surface area contributed by atoms with E-state index < -0.39 is 15.6 Å². The summed E-state index contributed by atoms with van der Waals surface area (Å²) in [6, 6.07) is 7.56. The Balaban J connectivity index is 1.92. The molecule has 26 heavy (non-hydrogen) atoms. The number of nitrogens with zero attached hydrogens (tertiary/aromatic N) is 2. The normalized spacial score (nSPS) is 17.1. The van der Waals surface area contributed by atoms with Crippen LogP contribution in [0.5, 0.6) is 0 Å². The van der Waals surface area contributed by atoms with Gasteiger partial charge in [-0.15, -0.1) is 0 Å². The smallest absolute Gasteiger partial charge is 0.410 e. The topological polar surface area (TPSA) is 66.9 Å². The summed E-state index contributed by atoms with van der Waals surface area (Å²) in [6.45, 7) is 8.32. The van der Waals surface area contributed by atoms with Gasteiger partial charge in [-0.05, 0) is 46.1 Å². The third-order valence-corrected chi connectivity index (χ3v) is 6.37. The lowest BCUT2D eigenvalue weighted by Gasteiger charge is -2.36. The fraction of sp³-hybridized carbons (Fsp3) is 0.632. The van der Waals surface area contributed by atoms with Crippen molar-refractivity contribution >= 4 is 16.1 Å². The van der Waals surface area contributed by atoms with Crippen molar-refractivity contribution in [3.8, 4) is 0 Å². The van der Waals surface area contributed by atoms with Crippen molar-refractivity contribution in [2.75, 3.05) is 20.1 Å². The number of hydrogen-bond acceptors (Lipinski definition) is 4. The predicted molar refractivity (Wildman–Crippen MR) is 102 cm³/mol. The summed E-state index contributed by atoms with van der Waals surface area (Å²) in [5, 5.41) is 0. The number of carbonyl (C=O) groups excluding carboxylic acids is 1. The highest BCUT2D eigenvalue weighted by atomic mass is 32.2. The number of ether oxygens (including phenoxy) is 1. The second-order valence-electron chi connectivity index (χ2n) is 7.96. The van der Waals surface area contributed by atoms with E-state index in [2.05, 4.69) is 0 Å². The molecule has 7 heteroatoms. The minimum absolute atomic E-state index is 0.00400. The predicted octanol–water partition coefficient (Wildman–Crippen LogP) is 3.16. The fourth-order valence-corrected chi connectivity index (χ4v) is 4.54. The van der Waals surface area contributed by atoms with Crippen LogP contribution in [0.3, 0.4) is 0 Å². The average molecular weight is 383 g/mol. The summed E-state index contributed by atoms with van der Waals surface area (Å²) < 4.78 is 32.2. The van der Waals surface area contributed by atoms with E-state index in [-0.39, 0.29) is 17.9 Å². The molecule has 1 fully saturated rings. The quantitative estimate of drug-likeness (QED) is 0.802. The van der Waals surface area contributed by atoms with Crippen molar-refractivity contribution in [1.82, 2.24) is 9.21 Å². The first-order valence-electron chi connectivity index (χ1n) is 8.97. The monoisotopic (exact) mass is 382 g/mol. The molecule has 0 atom stereocenters. The standard InChI is InChI=1S/C19H30N2O4S/c1-15-6-8-16(9-7-15)14-26(23,24)21-12-10-17(11-13-21)20(5)18(22)25-19(2,3)4/h6-9,17H,10-14H2,1-5H3. The van der Waals surface area contributed by atoms with Gasteiger partial charge in [0, 0.05) is 26.2 Å². The number of piperidine rings is 1. The molecule has 0 radical (unpaired) electrons. The highest BCUT2D eigenvalue weighted by molar-refractivity contribution is 7.88. The first-order chi connectivity index (χ1) is 12.0. The van der Waals surface area contributed by atoms with Crippen molar-refractivity contribution in [2.24, 2.45) is 0 Å². The molecule has 1 saturated heterocycles. The molecule has 0 aromatic heterocycles. The number of rotatable bonds is 4. The Bertz CT molecular complexity index is 715. The number of aryl methyl sites for hydroxylation is 1. The Morgan fingerprint density at radius 2 is 1.73 bits per heavy atom. The molecule has 1 amide bonds. The molecule has 1 heterocycles. The fourth-order valence-electron chi connectivity index (χ4n) is 2.98. The van der Waals surface area contributed by atoms with E-state index in [1.807, 2.05) is 52.0 Å². The second-order valence-corrected chi connectivity index (χ2v) is 9.93. The molecule has 1 aliphatic rings. The van der Waals surface area contributed by atoms with Gasteiger partial charge in [-0.25, -0.2) is 17.5 Å². The molecule has 1 aromatic carbocycles. The number of hydrogen-bond donors (Lipinski definition) is 0. The number of carbonyl (C=O) groups is 1. The molecule has 0 N–H and O–H groups in total. The van der Waals surface area contributed by atoms with Gasteiger partial charge in [-0.2, -0.15) is 0 Å². The van der Waals surface area contributed by atoms with Crippen LogP contribution in [0.4, 0.5) is 4.79 Å². The van der Waals surface area contributed by atoms with Crippen molar-refractivity contribution in [1.29, 1.82) is 0 Å². The van der Waals surface area contributed by atoms with E-state index in [0.717, 1.165) is 11.1 Å². The molecule has 146 valence electrons. The summed E-state index contributed by atoms with van der Waals surface area (Å²) >= 11 is 0. The highest BCUT2D eigenvalue weighted by Crippen LogP contribution is 2.22. The van der Waals surface area contributed by atoms with Gasteiger partial charge in [-0.3, -0.25) is 0 Å². The molecule has 0 saturated carbocycles. The molecule has 0 spiro atoms. The van der Waals surface area contributed by atoms with E-state index in [4.69, 9.17) is 4.74 Å². The highest BCUT2D eigenvalue weighted by Gasteiger charge is 2.32. The molecule has 6 nitrogen and oxygen atoms in total. The number of sulfonamides is 1. The summed E-state index contributed by atoms with van der Waals surface area (Å²) in [7, 11) is -1.63. The maximum Gasteiger partial charge on any atom is 0.410 e. The Kier molecular flexibility index (Phi) is 6.34. The molecule has 0 bridgehead atoms. The first kappa shape index (κ1) is 20.7. The first-order valence-corrected chi connectivity index (χ1v) is 10.6. The van der Waals surface area contributed by atoms with Crippen LogP contribution in [0.25, 0.3) is 0 Å². The van der Waals surface area contributed by atoms with E-state index in [1.54, 1.807) is 11.9 Å². The van der Waals surface area contributed by atoms with Crippen LogP contribution < -0.4 is 0 Å². The lowest BCUT2D eigenvalue weighted by atomic mass is 10.1. The van der Waals surface area contributed by atoms with Gasteiger partial charge < -0.3 is 9.64 Å². The van der Waals surface area contributed by atoms with Gasteiger partial charge in [0.2, 0.25) is 10.0 Å². The summed E-state index contributed by atoms with van der Waals surface area (Å²) in [5.41, 5.74) is 1.37. The molecular formula is C19H30N2O4S. The minimum Gasteiger partial charge on any atom is -0.444 e. The zero-order chi connectivity index (χ0) is 19.5. The van der Waals surface area contributed by atoms with E-state index in [1.165, 1.54) is 4.31 Å². The van der Waals surface area contributed by atoms with Gasteiger partial charge >= 0.3 is 6.09 Å². The Labute approximate surface area is 157 Å². The lowest BCUT2D eigenvalue weighted by Crippen LogP contribution is -2.48. The largest absolute Gasteiger partial charge is 0.444 e. The maximum absolute atomic E-state index is 12.7. The second kappa shape index (κ2) is 7.96. The van der Waals surface area contributed by atoms with Gasteiger partial charge in [0.15, 0.2) is 0 Å². The van der Waals surface area contributed by atoms with Gasteiger partial charge in [0.25, 0.3) is 0 Å². The molecule has 0 unspecified atom stereocenters. The average Bonchev–Trinajstić information content (AvgIpc) is 2.54. The Morgan fingerprint density at radius 1 is 1.19 bits per heavy atom. The van der Waals surface area contributed by atoms with Crippen LogP contribution in [0, 0.1) is 6.92 Å². The van der Waals surface area contributed by atoms with E-state index in [0.29, 0.717) is 25.9 Å². The zero-order valence-electron chi connectivity index (χ0n) is 16.4. The van der Waals surface area contributed by atoms with Crippen molar-refractivity contribution in [3.63, 3.8) is 0 Å². The Morgan fingerprint density at radius 3 is 2.23 bits per heavy atom. The van der Waals surface area contributed by atoms with Crippen molar-refractivity contribution in [2.45, 2.75) is 57.9 Å². The zero-order valence-corrected chi connectivity index (χ0v) is 17.2. The lowest BCUT2D eigenvalue weighted by molar-refractivity contribution is 0.0178. The van der Waals surface area contributed by atoms with Crippen molar-refractivity contribution in [3.05, 3.63) is 35.4 Å². The maximum atomic E-state index is 12.7. The summed E-state index contributed by atoms with van der Waals surface area (Å²) in [6.07, 6.45) is 0.865. The molecular weight excluding hydrogens is 352 g/mol. The van der Waals surface area contributed by atoms with Crippen LogP contribution >= 0.6 is 0 Å². The van der Waals surface area contributed by atoms with Crippen LogP contribution in [0.15, 0.2) is 24.3 Å². The SMILES string of the molecule is Cc1ccc(CS(=O)(=O)N2CCC(N(C)C(=O)OC(C)(C)C)CC2)cc1. The minimum atomic E-state index is -3.35. The van der Waals surface area contributed by atoms with E-state index in [9.17, 15) is 13.2 Å². The molecule has 0 aliphatic carbocycles. The van der Waals surface area contributed by atoms with Crippen molar-refractivity contribution < 1.29 is 17.9 Å². The molecule has 1 aromatic rings. The third kappa shape index (κ3) is 5.71. The number of amides is 1. The molecule has 1 aliphatic heterocycles. The van der Waals surface area contributed by atoms with Gasteiger partial charge in [0.05, 0.1) is 5.75 Å². The molecule has 2 rings (SSSR count). The summed E-state index contributed by atoms with van der Waals surface area (Å²) in [4.78, 5) is 13.8. The van der Waals surface area contributed by atoms with Crippen LogP contribution in [0.1, 0.15) is 44.7 Å². The van der Waals surface area contributed by atoms with Crippen LogP contribution in [-0.4, -0.2) is 55.5 Å². The van der Waals surface area contributed by atoms with Gasteiger partial charge in [-0.1, -0.05) is 29.8 Å². The van der Waals surface area contributed by atoms with Crippen LogP contribution in [0.2, 0.25) is 0 Å². The van der Waals surface area contributed by atoms with Crippen LogP contribution in [-0.2, 0) is 20.5 Å². The van der Waals surface area contributed by atoms with E-state index >= 15 is 0 Å². The summed E-state index contributed by atoms with van der Waals surface area (Å²) in [5.74, 6) is 0.0137. The van der Waals surface area contributed by atoms with Gasteiger partial charge in [0.1, 0.15) is 5.60 Å². The number of benzene rings is 1. The Hall–Kier alpha value is -1.60.